The maximum atomic E-state index is 12.2. The Morgan fingerprint density at radius 3 is 2.58 bits per heavy atom. The molecule has 1 aromatic heterocycles. The van der Waals surface area contributed by atoms with Gasteiger partial charge in [0.25, 0.3) is 5.91 Å². The molecule has 2 aromatic rings. The highest BCUT2D eigenvalue weighted by Crippen LogP contribution is 2.20. The molecule has 126 valence electrons. The molecular formula is C19H24N4O. The van der Waals surface area contributed by atoms with Crippen LogP contribution >= 0.6 is 0 Å². The van der Waals surface area contributed by atoms with Crippen LogP contribution in [0.2, 0.25) is 0 Å². The Kier molecular flexibility index (Phi) is 5.08. The molecule has 1 amide bonds. The fourth-order valence-corrected chi connectivity index (χ4v) is 2.93. The van der Waals surface area contributed by atoms with Gasteiger partial charge >= 0.3 is 0 Å². The van der Waals surface area contributed by atoms with Gasteiger partial charge in [-0.15, -0.1) is 10.2 Å². The van der Waals surface area contributed by atoms with Gasteiger partial charge in [0.1, 0.15) is 0 Å². The van der Waals surface area contributed by atoms with E-state index in [-0.39, 0.29) is 5.91 Å². The zero-order chi connectivity index (χ0) is 16.9. The second-order valence-electron chi connectivity index (χ2n) is 6.56. The van der Waals surface area contributed by atoms with Gasteiger partial charge in [0, 0.05) is 19.6 Å². The molecule has 0 radical (unpaired) electrons. The summed E-state index contributed by atoms with van der Waals surface area (Å²) in [4.78, 5) is 14.5. The lowest BCUT2D eigenvalue weighted by Gasteiger charge is -2.30. The van der Waals surface area contributed by atoms with E-state index in [1.54, 1.807) is 6.07 Å². The highest BCUT2D eigenvalue weighted by Gasteiger charge is 2.18. The Balaban J connectivity index is 1.59. The van der Waals surface area contributed by atoms with Crippen LogP contribution in [0.25, 0.3) is 0 Å². The number of aryl methyl sites for hydroxylation is 1. The highest BCUT2D eigenvalue weighted by atomic mass is 16.1. The van der Waals surface area contributed by atoms with Crippen molar-refractivity contribution in [3.05, 3.63) is 53.2 Å². The maximum Gasteiger partial charge on any atom is 0.272 e. The number of anilines is 1. The van der Waals surface area contributed by atoms with Crippen molar-refractivity contribution in [1.82, 2.24) is 15.5 Å². The molecule has 1 aromatic carbocycles. The van der Waals surface area contributed by atoms with E-state index in [1.807, 2.05) is 37.3 Å². The highest BCUT2D eigenvalue weighted by molar-refractivity contribution is 5.92. The number of hydrogen-bond acceptors (Lipinski definition) is 4. The van der Waals surface area contributed by atoms with Gasteiger partial charge in [-0.25, -0.2) is 0 Å². The second kappa shape index (κ2) is 7.43. The van der Waals surface area contributed by atoms with Gasteiger partial charge < -0.3 is 10.2 Å². The number of nitrogens with one attached hydrogen (secondary N) is 1. The number of aromatic nitrogens is 2. The van der Waals surface area contributed by atoms with E-state index >= 15 is 0 Å². The molecule has 1 aliphatic rings. The fourth-order valence-electron chi connectivity index (χ4n) is 2.93. The lowest BCUT2D eigenvalue weighted by molar-refractivity contribution is 0.0945. The molecule has 0 unspecified atom stereocenters. The summed E-state index contributed by atoms with van der Waals surface area (Å²) in [5.41, 5.74) is 2.63. The summed E-state index contributed by atoms with van der Waals surface area (Å²) in [6.07, 6.45) is 2.36. The summed E-state index contributed by atoms with van der Waals surface area (Å²) in [7, 11) is 0. The Labute approximate surface area is 143 Å². The number of nitrogens with zero attached hydrogens (tertiary/aromatic N) is 3. The van der Waals surface area contributed by atoms with Gasteiger partial charge in [-0.3, -0.25) is 4.79 Å². The van der Waals surface area contributed by atoms with Crippen molar-refractivity contribution in [2.75, 3.05) is 18.0 Å². The van der Waals surface area contributed by atoms with Crippen LogP contribution in [-0.2, 0) is 6.54 Å². The monoisotopic (exact) mass is 324 g/mol. The minimum atomic E-state index is -0.190. The topological polar surface area (TPSA) is 58.1 Å². The molecule has 1 fully saturated rings. The molecule has 1 aliphatic heterocycles. The van der Waals surface area contributed by atoms with E-state index < -0.39 is 0 Å². The van der Waals surface area contributed by atoms with Crippen molar-refractivity contribution in [1.29, 1.82) is 0 Å². The Hall–Kier alpha value is -2.43. The molecular weight excluding hydrogens is 300 g/mol. The van der Waals surface area contributed by atoms with Gasteiger partial charge in [-0.1, -0.05) is 31.2 Å². The third-order valence-electron chi connectivity index (χ3n) is 4.69. The van der Waals surface area contributed by atoms with Crippen molar-refractivity contribution < 1.29 is 4.79 Å². The standard InChI is InChI=1S/C19H24N4O/c1-14-9-11-23(12-10-14)18-8-7-17(21-22-18)19(24)20-13-16-6-4-3-5-15(16)2/h3-8,14H,9-13H2,1-2H3,(H,20,24). The number of carbonyl (C=O) groups is 1. The number of rotatable bonds is 4. The average molecular weight is 324 g/mol. The summed E-state index contributed by atoms with van der Waals surface area (Å²) in [6.45, 7) is 6.84. The third kappa shape index (κ3) is 3.91. The van der Waals surface area contributed by atoms with Crippen molar-refractivity contribution in [2.24, 2.45) is 5.92 Å². The smallest absolute Gasteiger partial charge is 0.272 e. The summed E-state index contributed by atoms with van der Waals surface area (Å²) >= 11 is 0. The zero-order valence-electron chi connectivity index (χ0n) is 14.3. The molecule has 2 heterocycles. The predicted molar refractivity (Wildman–Crippen MR) is 95.0 cm³/mol. The van der Waals surface area contributed by atoms with Crippen molar-refractivity contribution in [2.45, 2.75) is 33.2 Å². The number of amides is 1. The van der Waals surface area contributed by atoms with E-state index in [1.165, 1.54) is 18.4 Å². The van der Waals surface area contributed by atoms with Crippen LogP contribution in [0.4, 0.5) is 5.82 Å². The zero-order valence-corrected chi connectivity index (χ0v) is 14.3. The van der Waals surface area contributed by atoms with Gasteiger partial charge in [-0.2, -0.15) is 0 Å². The first kappa shape index (κ1) is 16.4. The van der Waals surface area contributed by atoms with Gasteiger partial charge in [0.05, 0.1) is 0 Å². The Morgan fingerprint density at radius 1 is 1.17 bits per heavy atom. The van der Waals surface area contributed by atoms with Crippen molar-refractivity contribution in [3.63, 3.8) is 0 Å². The molecule has 3 rings (SSSR count). The van der Waals surface area contributed by atoms with E-state index in [9.17, 15) is 4.79 Å². The van der Waals surface area contributed by atoms with E-state index in [0.717, 1.165) is 30.4 Å². The fraction of sp³-hybridized carbons (Fsp3) is 0.421. The summed E-state index contributed by atoms with van der Waals surface area (Å²) in [5, 5.41) is 11.2. The molecule has 1 saturated heterocycles. The normalized spacial score (nSPS) is 15.3. The first-order valence-corrected chi connectivity index (χ1v) is 8.55. The van der Waals surface area contributed by atoms with Crippen molar-refractivity contribution in [3.8, 4) is 0 Å². The van der Waals surface area contributed by atoms with Crippen LogP contribution in [0.5, 0.6) is 0 Å². The Bertz CT molecular complexity index is 691. The first-order chi connectivity index (χ1) is 11.6. The minimum absolute atomic E-state index is 0.190. The molecule has 0 saturated carbocycles. The molecule has 0 atom stereocenters. The number of hydrogen-bond donors (Lipinski definition) is 1. The van der Waals surface area contributed by atoms with Crippen LogP contribution in [0.1, 0.15) is 41.4 Å². The molecule has 0 bridgehead atoms. The molecule has 1 N–H and O–H groups in total. The largest absolute Gasteiger partial charge is 0.355 e. The van der Waals surface area contributed by atoms with Crippen LogP contribution in [0, 0.1) is 12.8 Å². The molecule has 0 spiro atoms. The molecule has 5 heteroatoms. The lowest BCUT2D eigenvalue weighted by atomic mass is 9.99. The van der Waals surface area contributed by atoms with Gasteiger partial charge in [-0.05, 0) is 48.9 Å². The quantitative estimate of drug-likeness (QED) is 0.939. The van der Waals surface area contributed by atoms with E-state index in [0.29, 0.717) is 12.2 Å². The second-order valence-corrected chi connectivity index (χ2v) is 6.56. The summed E-state index contributed by atoms with van der Waals surface area (Å²) < 4.78 is 0. The van der Waals surface area contributed by atoms with Crippen LogP contribution < -0.4 is 10.2 Å². The van der Waals surface area contributed by atoms with Crippen LogP contribution in [-0.4, -0.2) is 29.2 Å². The van der Waals surface area contributed by atoms with Crippen molar-refractivity contribution >= 4 is 11.7 Å². The summed E-state index contributed by atoms with van der Waals surface area (Å²) in [6, 6.07) is 11.7. The predicted octanol–water partition coefficient (Wildman–Crippen LogP) is 2.95. The van der Waals surface area contributed by atoms with Gasteiger partial charge in [0.2, 0.25) is 0 Å². The minimum Gasteiger partial charge on any atom is -0.355 e. The van der Waals surface area contributed by atoms with E-state index in [4.69, 9.17) is 0 Å². The molecule has 24 heavy (non-hydrogen) atoms. The lowest BCUT2D eigenvalue weighted by Crippen LogP contribution is -2.33. The maximum absolute atomic E-state index is 12.2. The molecule has 0 aliphatic carbocycles. The SMILES string of the molecule is Cc1ccccc1CNC(=O)c1ccc(N2CCC(C)CC2)nn1. The average Bonchev–Trinajstić information content (AvgIpc) is 2.62. The van der Waals surface area contributed by atoms with Gasteiger partial charge in [0.15, 0.2) is 11.5 Å². The van der Waals surface area contributed by atoms with E-state index in [2.05, 4.69) is 27.3 Å². The van der Waals surface area contributed by atoms with Crippen LogP contribution in [0.15, 0.2) is 36.4 Å². The third-order valence-corrected chi connectivity index (χ3v) is 4.69. The Morgan fingerprint density at radius 2 is 1.92 bits per heavy atom. The first-order valence-electron chi connectivity index (χ1n) is 8.55. The van der Waals surface area contributed by atoms with Crippen LogP contribution in [0.3, 0.4) is 0 Å². The molecule has 5 nitrogen and oxygen atoms in total. The number of carbonyl (C=O) groups excluding carboxylic acids is 1. The number of benzene rings is 1. The summed E-state index contributed by atoms with van der Waals surface area (Å²) in [5.74, 6) is 1.45. The number of piperidine rings is 1.